The smallest absolute Gasteiger partial charge is 0.416 e. The van der Waals surface area contributed by atoms with Crippen molar-refractivity contribution in [3.8, 4) is 5.75 Å². The minimum Gasteiger partial charge on any atom is -0.486 e. The van der Waals surface area contributed by atoms with Gasteiger partial charge in [-0.15, -0.1) is 0 Å². The van der Waals surface area contributed by atoms with E-state index in [1.165, 1.54) is 0 Å². The normalized spacial score (nSPS) is 18.9. The first-order chi connectivity index (χ1) is 18.3. The molecule has 0 bridgehead atoms. The zero-order valence-electron chi connectivity index (χ0n) is 21.1. The Morgan fingerprint density at radius 3 is 2.30 bits per heavy atom. The van der Waals surface area contributed by atoms with Gasteiger partial charge in [-0.1, -0.05) is 6.07 Å². The summed E-state index contributed by atoms with van der Waals surface area (Å²) in [5.41, 5.74) is -5.85. The Bertz CT molecular complexity index is 1440. The zero-order chi connectivity index (χ0) is 29.9. The monoisotopic (exact) mass is 594 g/mol. The Morgan fingerprint density at radius 1 is 1.12 bits per heavy atom. The van der Waals surface area contributed by atoms with Gasteiger partial charge in [-0.3, -0.25) is 9.21 Å². The highest BCUT2D eigenvalue weighted by Gasteiger charge is 2.54. The number of rotatable bonds is 7. The molecule has 15 heteroatoms. The van der Waals surface area contributed by atoms with E-state index in [4.69, 9.17) is 4.74 Å². The third-order valence-electron chi connectivity index (χ3n) is 7.10. The van der Waals surface area contributed by atoms with Crippen LogP contribution >= 0.6 is 0 Å². The molecule has 218 valence electrons. The molecule has 8 nitrogen and oxygen atoms in total. The van der Waals surface area contributed by atoms with E-state index < -0.39 is 68.2 Å². The summed E-state index contributed by atoms with van der Waals surface area (Å²) in [5, 5.41) is 9.67. The predicted molar refractivity (Wildman–Crippen MR) is 130 cm³/mol. The van der Waals surface area contributed by atoms with Crippen molar-refractivity contribution < 1.29 is 54.2 Å². The fourth-order valence-corrected chi connectivity index (χ4v) is 6.06. The van der Waals surface area contributed by atoms with Crippen molar-refractivity contribution in [2.75, 3.05) is 15.7 Å². The van der Waals surface area contributed by atoms with E-state index in [9.17, 15) is 49.5 Å². The zero-order valence-corrected chi connectivity index (χ0v) is 21.9. The second kappa shape index (κ2) is 9.56. The molecule has 1 N–H and O–H groups in total. The fourth-order valence-electron chi connectivity index (χ4n) is 4.52. The van der Waals surface area contributed by atoms with Crippen LogP contribution in [0.15, 0.2) is 47.4 Å². The second-order valence-corrected chi connectivity index (χ2v) is 12.2. The largest absolute Gasteiger partial charge is 0.486 e. The van der Waals surface area contributed by atoms with Crippen LogP contribution < -0.4 is 13.9 Å². The number of alkyl halides is 6. The molecule has 0 radical (unpaired) electrons. The Morgan fingerprint density at radius 2 is 1.77 bits per heavy atom. The van der Waals surface area contributed by atoms with Crippen molar-refractivity contribution in [3.05, 3.63) is 48.0 Å². The molecular formula is C25H24F6N2O6S. The van der Waals surface area contributed by atoms with Gasteiger partial charge in [-0.2, -0.15) is 26.3 Å². The molecule has 1 saturated carbocycles. The van der Waals surface area contributed by atoms with Crippen LogP contribution in [0, 0.1) is 5.41 Å². The minimum atomic E-state index is -5.03. The molecule has 40 heavy (non-hydrogen) atoms. The van der Waals surface area contributed by atoms with Crippen molar-refractivity contribution in [2.45, 2.75) is 62.0 Å². The fraction of sp³-hybridized carbons (Fsp3) is 0.440. The number of nitrogens with zero attached hydrogens (tertiary/aromatic N) is 2. The highest BCUT2D eigenvalue weighted by atomic mass is 32.2. The van der Waals surface area contributed by atoms with E-state index in [1.54, 1.807) is 0 Å². The van der Waals surface area contributed by atoms with Crippen molar-refractivity contribution in [1.29, 1.82) is 0 Å². The van der Waals surface area contributed by atoms with Crippen molar-refractivity contribution in [1.82, 2.24) is 0 Å². The van der Waals surface area contributed by atoms with E-state index in [0.717, 1.165) is 36.6 Å². The van der Waals surface area contributed by atoms with Gasteiger partial charge in [0.1, 0.15) is 23.7 Å². The van der Waals surface area contributed by atoms with Crippen molar-refractivity contribution in [3.63, 3.8) is 0 Å². The van der Waals surface area contributed by atoms with Crippen molar-refractivity contribution >= 4 is 33.8 Å². The number of carbonyl (C=O) groups excluding carboxylic acids is 1. The SMILES string of the molecule is CC(C)(N(C(=O)O)c1ccc2c(c1)N(S(=O)(=O)c1cccc(C(F)(F)F)c1)C[C@@H](CC1(C=O)CC1)O2)C(F)(F)F. The molecule has 1 fully saturated rings. The lowest BCUT2D eigenvalue weighted by Crippen LogP contribution is -2.57. The number of amides is 1. The number of benzene rings is 2. The van der Waals surface area contributed by atoms with E-state index in [1.807, 2.05) is 0 Å². The molecule has 1 amide bonds. The van der Waals surface area contributed by atoms with E-state index in [0.29, 0.717) is 43.1 Å². The maximum absolute atomic E-state index is 13.8. The number of carbonyl (C=O) groups is 2. The first kappa shape index (κ1) is 29.5. The summed E-state index contributed by atoms with van der Waals surface area (Å²) in [4.78, 5) is 22.8. The summed E-state index contributed by atoms with van der Waals surface area (Å²) in [6.45, 7) is 0.762. The summed E-state index contributed by atoms with van der Waals surface area (Å²) in [7, 11) is -4.78. The summed E-state index contributed by atoms with van der Waals surface area (Å²) in [5.74, 6) is -0.160. The maximum atomic E-state index is 13.8. The van der Waals surface area contributed by atoms with Crippen LogP contribution in [0.5, 0.6) is 5.75 Å². The lowest BCUT2D eigenvalue weighted by atomic mass is 9.99. The van der Waals surface area contributed by atoms with Crippen LogP contribution in [-0.2, 0) is 21.0 Å². The number of hydrogen-bond acceptors (Lipinski definition) is 5. The Balaban J connectivity index is 1.86. The molecule has 2 aromatic carbocycles. The first-order valence-electron chi connectivity index (χ1n) is 11.9. The quantitative estimate of drug-likeness (QED) is 0.318. The van der Waals surface area contributed by atoms with Crippen LogP contribution in [0.2, 0.25) is 0 Å². The molecule has 1 aliphatic heterocycles. The molecule has 4 rings (SSSR count). The topological polar surface area (TPSA) is 104 Å². The van der Waals surface area contributed by atoms with Gasteiger partial charge >= 0.3 is 18.4 Å². The molecule has 0 spiro atoms. The number of carboxylic acid groups (broad SMARTS) is 1. The second-order valence-electron chi connectivity index (χ2n) is 10.3. The van der Waals surface area contributed by atoms with Crippen LogP contribution in [0.1, 0.15) is 38.7 Å². The molecule has 0 saturated heterocycles. The molecule has 2 aliphatic rings. The van der Waals surface area contributed by atoms with Gasteiger partial charge in [-0.25, -0.2) is 13.2 Å². The molecule has 1 aliphatic carbocycles. The van der Waals surface area contributed by atoms with E-state index >= 15 is 0 Å². The Hall–Kier alpha value is -3.49. The van der Waals surface area contributed by atoms with Gasteiger partial charge in [-0.05, 0) is 69.5 Å². The molecular weight excluding hydrogens is 570 g/mol. The van der Waals surface area contributed by atoms with Gasteiger partial charge in [0.25, 0.3) is 10.0 Å². The highest BCUT2D eigenvalue weighted by molar-refractivity contribution is 7.92. The number of ether oxygens (including phenoxy) is 1. The Kier molecular flexibility index (Phi) is 7.05. The minimum absolute atomic E-state index is 0.0139. The standard InChI is InChI=1S/C25H24F6N2O6S/c1-22(2,25(29,30)31)33(21(35)36)16-6-7-20-19(11-16)32(13-17(39-20)12-23(14-34)8-9-23)40(37,38)18-5-3-4-15(10-18)24(26,27)28/h3-7,10-11,14,17H,8-9,12-13H2,1-2H3,(H,35,36)/t17-/m1/s1. The van der Waals surface area contributed by atoms with E-state index in [2.05, 4.69) is 0 Å². The third kappa shape index (κ3) is 5.30. The maximum Gasteiger partial charge on any atom is 0.416 e. The molecule has 1 heterocycles. The summed E-state index contributed by atoms with van der Waals surface area (Å²) in [6.07, 6.45) is -10.9. The molecule has 0 unspecified atom stereocenters. The van der Waals surface area contributed by atoms with Crippen LogP contribution in [0.4, 0.5) is 42.5 Å². The van der Waals surface area contributed by atoms with Gasteiger partial charge < -0.3 is 14.6 Å². The number of halogens is 6. The van der Waals surface area contributed by atoms with Gasteiger partial charge in [0, 0.05) is 5.41 Å². The summed E-state index contributed by atoms with van der Waals surface area (Å²) in [6, 6.07) is 5.90. The third-order valence-corrected chi connectivity index (χ3v) is 8.88. The molecule has 1 atom stereocenters. The van der Waals surface area contributed by atoms with Crippen LogP contribution in [0.25, 0.3) is 0 Å². The average molecular weight is 595 g/mol. The lowest BCUT2D eigenvalue weighted by Gasteiger charge is -2.40. The first-order valence-corrected chi connectivity index (χ1v) is 13.3. The van der Waals surface area contributed by atoms with Gasteiger partial charge in [0.2, 0.25) is 0 Å². The molecule has 2 aromatic rings. The van der Waals surface area contributed by atoms with Crippen LogP contribution in [0.3, 0.4) is 0 Å². The number of anilines is 2. The van der Waals surface area contributed by atoms with Crippen molar-refractivity contribution in [2.24, 2.45) is 5.41 Å². The highest BCUT2D eigenvalue weighted by Crippen LogP contribution is 2.50. The summed E-state index contributed by atoms with van der Waals surface area (Å²) >= 11 is 0. The average Bonchev–Trinajstić information content (AvgIpc) is 3.62. The van der Waals surface area contributed by atoms with E-state index in [-0.39, 0.29) is 22.8 Å². The summed E-state index contributed by atoms with van der Waals surface area (Å²) < 4.78 is 115. The Labute approximate surface area is 225 Å². The number of hydrogen-bond donors (Lipinski definition) is 1. The van der Waals surface area contributed by atoms with Gasteiger partial charge in [0.15, 0.2) is 0 Å². The number of fused-ring (bicyclic) bond motifs is 1. The lowest BCUT2D eigenvalue weighted by molar-refractivity contribution is -0.175. The van der Waals surface area contributed by atoms with Gasteiger partial charge in [0.05, 0.1) is 28.4 Å². The number of aldehydes is 1. The number of sulfonamides is 1. The molecule has 0 aromatic heterocycles. The van der Waals surface area contributed by atoms with Crippen LogP contribution in [-0.4, -0.2) is 50.3 Å². The predicted octanol–water partition coefficient (Wildman–Crippen LogP) is 5.86.